The Labute approximate surface area is 254 Å². The number of carboxylic acid groups (broad SMARTS) is 1. The number of carbonyl (C=O) groups is 8. The van der Waals surface area contributed by atoms with Crippen molar-refractivity contribution in [2.45, 2.75) is 55.9 Å². The summed E-state index contributed by atoms with van der Waals surface area (Å²) in [6.07, 6.45) is -0.821. The maximum Gasteiger partial charge on any atom is 0.326 e. The molecule has 0 aliphatic carbocycles. The van der Waals surface area contributed by atoms with Crippen LogP contribution in [-0.4, -0.2) is 99.3 Å². The van der Waals surface area contributed by atoms with Crippen molar-refractivity contribution in [1.82, 2.24) is 26.3 Å². The fraction of sp³-hybridized carbons (Fsp3) is 0.385. The first-order valence-corrected chi connectivity index (χ1v) is 13.3. The molecule has 7 amide bonds. The van der Waals surface area contributed by atoms with Crippen molar-refractivity contribution in [3.8, 4) is 0 Å². The smallest absolute Gasteiger partial charge is 0.326 e. The van der Waals surface area contributed by atoms with E-state index in [9.17, 15) is 48.6 Å². The van der Waals surface area contributed by atoms with Crippen molar-refractivity contribution in [3.63, 3.8) is 0 Å². The van der Waals surface area contributed by atoms with Crippen molar-refractivity contribution in [1.29, 1.82) is 0 Å². The number of aliphatic hydroxyl groups is 1. The summed E-state index contributed by atoms with van der Waals surface area (Å²) in [4.78, 5) is 100. The maximum atomic E-state index is 13.5. The monoisotopic (exact) mass is 633 g/mol. The first kappa shape index (κ1) is 35.6. The molecule has 0 fully saturated rings. The van der Waals surface area contributed by atoms with Crippen molar-refractivity contribution in [2.24, 2.45) is 22.9 Å². The Hall–Kier alpha value is -5.56. The highest BCUT2D eigenvalue weighted by molar-refractivity contribution is 5.98. The molecule has 19 heteroatoms. The van der Waals surface area contributed by atoms with Gasteiger partial charge < -0.3 is 59.4 Å². The number of benzene rings is 1. The number of carboxylic acids is 1. The molecule has 1 aromatic heterocycles. The lowest BCUT2D eigenvalue weighted by Gasteiger charge is -2.25. The molecule has 0 spiro atoms. The minimum absolute atomic E-state index is 0.223. The topological polar surface area (TPSA) is 345 Å². The summed E-state index contributed by atoms with van der Waals surface area (Å²) in [6, 6.07) is -1.21. The fourth-order valence-electron chi connectivity index (χ4n) is 4.14. The van der Waals surface area contributed by atoms with Gasteiger partial charge in [-0.1, -0.05) is 18.2 Å². The van der Waals surface area contributed by atoms with Crippen LogP contribution in [0.15, 0.2) is 30.5 Å². The highest BCUT2D eigenvalue weighted by Crippen LogP contribution is 2.19. The van der Waals surface area contributed by atoms with E-state index in [-0.39, 0.29) is 6.42 Å². The van der Waals surface area contributed by atoms with Gasteiger partial charge in [0.1, 0.15) is 24.2 Å². The summed E-state index contributed by atoms with van der Waals surface area (Å²) in [7, 11) is 0. The number of para-hydroxylation sites is 1. The number of nitrogens with two attached hydrogens (primary N) is 4. The molecule has 244 valence electrons. The van der Waals surface area contributed by atoms with E-state index >= 15 is 0 Å². The van der Waals surface area contributed by atoms with Crippen LogP contribution in [0.25, 0.3) is 10.9 Å². The normalized spacial score (nSPS) is 14.2. The Balaban J connectivity index is 2.36. The fourth-order valence-corrected chi connectivity index (χ4v) is 4.14. The van der Waals surface area contributed by atoms with Crippen LogP contribution in [0.1, 0.15) is 24.8 Å². The lowest BCUT2D eigenvalue weighted by molar-refractivity contribution is -0.144. The van der Waals surface area contributed by atoms with Gasteiger partial charge in [0, 0.05) is 23.5 Å². The number of fused-ring (bicyclic) bond motifs is 1. The maximum absolute atomic E-state index is 13.5. The quantitative estimate of drug-likeness (QED) is 0.0736. The minimum Gasteiger partial charge on any atom is -0.480 e. The molecule has 2 aromatic rings. The lowest BCUT2D eigenvalue weighted by atomic mass is 10.0. The summed E-state index contributed by atoms with van der Waals surface area (Å²) < 4.78 is 0. The zero-order valence-corrected chi connectivity index (χ0v) is 23.8. The van der Waals surface area contributed by atoms with Gasteiger partial charge in [0.15, 0.2) is 0 Å². The molecule has 0 unspecified atom stereocenters. The van der Waals surface area contributed by atoms with Gasteiger partial charge in [-0.15, -0.1) is 0 Å². The summed E-state index contributed by atoms with van der Waals surface area (Å²) in [5.41, 5.74) is 22.1. The second-order valence-electron chi connectivity index (χ2n) is 9.95. The van der Waals surface area contributed by atoms with E-state index < -0.39 is 103 Å². The number of hydrogen-bond acceptors (Lipinski definition) is 10. The summed E-state index contributed by atoms with van der Waals surface area (Å²) >= 11 is 0. The van der Waals surface area contributed by atoms with Gasteiger partial charge in [-0.2, -0.15) is 0 Å². The number of rotatable bonds is 18. The summed E-state index contributed by atoms with van der Waals surface area (Å²) in [6.45, 7) is -0.953. The number of nitrogens with one attached hydrogen (secondary N) is 5. The van der Waals surface area contributed by atoms with Crippen LogP contribution >= 0.6 is 0 Å². The van der Waals surface area contributed by atoms with E-state index in [1.165, 1.54) is 0 Å². The van der Waals surface area contributed by atoms with E-state index in [2.05, 4.69) is 20.9 Å². The van der Waals surface area contributed by atoms with Crippen molar-refractivity contribution >= 4 is 58.2 Å². The molecule has 0 aliphatic rings. The predicted octanol–water partition coefficient (Wildman–Crippen LogP) is -5.32. The third-order valence-corrected chi connectivity index (χ3v) is 6.36. The van der Waals surface area contributed by atoms with Gasteiger partial charge >= 0.3 is 5.97 Å². The Kier molecular flexibility index (Phi) is 12.9. The molecular formula is C26H35N9O10. The van der Waals surface area contributed by atoms with Crippen molar-refractivity contribution < 1.29 is 48.6 Å². The standard InChI is InChI=1S/C26H35N9O10/c27-13(6-19(28)37)22(40)35-18(10-36)25(43)32-15(5-11-9-31-14-4-2-1-3-12(11)14)23(41)33-16(7-20(29)38)24(42)34-17(26(44)45)8-21(30)39/h1-4,9,13,15-18,31,36H,5-8,10,27H2,(H2,28,37)(H2,29,38)(H2,30,39)(H,32,43)(H,33,41)(H,34,42)(H,35,40)(H,44,45)/t13-,15-,16-,17-,18-/m0/s1. The Bertz CT molecular complexity index is 1460. The Morgan fingerprint density at radius 2 is 1.18 bits per heavy atom. The third kappa shape index (κ3) is 10.9. The molecule has 15 N–H and O–H groups in total. The van der Waals surface area contributed by atoms with Gasteiger partial charge in [-0.25, -0.2) is 4.79 Å². The molecule has 19 nitrogen and oxygen atoms in total. The van der Waals surface area contributed by atoms with Gasteiger partial charge in [0.25, 0.3) is 0 Å². The van der Waals surface area contributed by atoms with Crippen LogP contribution in [-0.2, 0) is 44.8 Å². The zero-order chi connectivity index (χ0) is 33.8. The molecule has 1 aromatic carbocycles. The van der Waals surface area contributed by atoms with Crippen LogP contribution in [0.4, 0.5) is 0 Å². The number of amides is 7. The number of H-pyrrole nitrogens is 1. The average Bonchev–Trinajstić information content (AvgIpc) is 3.36. The van der Waals surface area contributed by atoms with Gasteiger partial charge in [-0.3, -0.25) is 33.6 Å². The van der Waals surface area contributed by atoms with Crippen molar-refractivity contribution in [3.05, 3.63) is 36.0 Å². The molecule has 0 bridgehead atoms. The first-order valence-electron chi connectivity index (χ1n) is 13.3. The minimum atomic E-state index is -1.79. The number of hydrogen-bond donors (Lipinski definition) is 11. The molecular weight excluding hydrogens is 598 g/mol. The van der Waals surface area contributed by atoms with E-state index in [4.69, 9.17) is 22.9 Å². The third-order valence-electron chi connectivity index (χ3n) is 6.36. The number of carbonyl (C=O) groups excluding carboxylic acids is 7. The van der Waals surface area contributed by atoms with Crippen LogP contribution in [0, 0.1) is 0 Å². The Morgan fingerprint density at radius 3 is 1.76 bits per heavy atom. The number of aliphatic hydroxyl groups excluding tert-OH is 1. The molecule has 0 radical (unpaired) electrons. The number of aromatic nitrogens is 1. The van der Waals surface area contributed by atoms with Crippen LogP contribution in [0.3, 0.4) is 0 Å². The van der Waals surface area contributed by atoms with E-state index in [1.54, 1.807) is 30.5 Å². The average molecular weight is 634 g/mol. The summed E-state index contributed by atoms with van der Waals surface area (Å²) in [5, 5.41) is 28.5. The molecule has 0 saturated heterocycles. The van der Waals surface area contributed by atoms with Crippen molar-refractivity contribution in [2.75, 3.05) is 6.61 Å². The van der Waals surface area contributed by atoms with Crippen LogP contribution < -0.4 is 44.2 Å². The number of primary amides is 3. The van der Waals surface area contributed by atoms with Crippen LogP contribution in [0.5, 0.6) is 0 Å². The zero-order valence-electron chi connectivity index (χ0n) is 23.8. The molecule has 45 heavy (non-hydrogen) atoms. The van der Waals surface area contributed by atoms with E-state index in [1.807, 2.05) is 5.32 Å². The highest BCUT2D eigenvalue weighted by atomic mass is 16.4. The van der Waals surface area contributed by atoms with Gasteiger partial charge in [-0.05, 0) is 11.6 Å². The lowest BCUT2D eigenvalue weighted by Crippen LogP contribution is -2.60. The second kappa shape index (κ2) is 16.3. The molecule has 0 aliphatic heterocycles. The number of aromatic amines is 1. The predicted molar refractivity (Wildman–Crippen MR) is 154 cm³/mol. The SMILES string of the molecule is NC(=O)C[C@H](NC(=O)[C@H](CC(N)=O)NC(=O)[C@H](Cc1c[nH]c2ccccc12)NC(=O)[C@H](CO)NC(=O)[C@@H](N)CC(N)=O)C(=O)O. The Morgan fingerprint density at radius 1 is 0.689 bits per heavy atom. The number of aliphatic carboxylic acids is 1. The molecule has 0 saturated carbocycles. The van der Waals surface area contributed by atoms with Crippen LogP contribution in [0.2, 0.25) is 0 Å². The highest BCUT2D eigenvalue weighted by Gasteiger charge is 2.33. The second-order valence-corrected chi connectivity index (χ2v) is 9.95. The molecule has 2 rings (SSSR count). The molecule has 5 atom stereocenters. The summed E-state index contributed by atoms with van der Waals surface area (Å²) in [5.74, 6) is -8.95. The van der Waals surface area contributed by atoms with Gasteiger partial charge in [0.05, 0.1) is 31.9 Å². The molecule has 1 heterocycles. The van der Waals surface area contributed by atoms with Gasteiger partial charge in [0.2, 0.25) is 41.4 Å². The van der Waals surface area contributed by atoms with E-state index in [0.717, 1.165) is 0 Å². The van der Waals surface area contributed by atoms with E-state index in [0.29, 0.717) is 16.5 Å². The first-order chi connectivity index (χ1) is 21.1. The largest absolute Gasteiger partial charge is 0.480 e.